The molecule has 16 heavy (non-hydrogen) atoms. The zero-order valence-electron chi connectivity index (χ0n) is 9.93. The van der Waals surface area contributed by atoms with E-state index in [9.17, 15) is 4.39 Å². The third-order valence-electron chi connectivity index (χ3n) is 2.76. The smallest absolute Gasteiger partial charge is 0.138 e. The average molecular weight is 336 g/mol. The van der Waals surface area contributed by atoms with Crippen molar-refractivity contribution < 1.29 is 4.39 Å². The lowest BCUT2D eigenvalue weighted by Crippen LogP contribution is -2.24. The molecule has 1 atom stereocenters. The largest absolute Gasteiger partial charge is 0.397 e. The maximum atomic E-state index is 13.4. The van der Waals surface area contributed by atoms with Crippen molar-refractivity contribution in [3.63, 3.8) is 0 Å². The predicted octanol–water partition coefficient (Wildman–Crippen LogP) is 3.49. The van der Waals surface area contributed by atoms with E-state index in [0.717, 1.165) is 18.7 Å². The Morgan fingerprint density at radius 3 is 2.69 bits per heavy atom. The molecular formula is C12H18FIN2. The van der Waals surface area contributed by atoms with Crippen LogP contribution in [0.15, 0.2) is 12.1 Å². The number of halogens is 2. The van der Waals surface area contributed by atoms with Gasteiger partial charge < -0.3 is 10.6 Å². The Morgan fingerprint density at radius 2 is 2.12 bits per heavy atom. The summed E-state index contributed by atoms with van der Waals surface area (Å²) in [5.41, 5.74) is 7.31. The van der Waals surface area contributed by atoms with Crippen molar-refractivity contribution >= 4 is 34.0 Å². The van der Waals surface area contributed by atoms with Crippen LogP contribution in [0.5, 0.6) is 0 Å². The van der Waals surface area contributed by atoms with E-state index in [2.05, 4.69) is 13.8 Å². The molecule has 4 heteroatoms. The van der Waals surface area contributed by atoms with Crippen molar-refractivity contribution in [2.24, 2.45) is 5.92 Å². The molecule has 0 aromatic heterocycles. The number of nitrogens with zero attached hydrogens (tertiary/aromatic N) is 1. The zero-order chi connectivity index (χ0) is 12.3. The average Bonchev–Trinajstić information content (AvgIpc) is 2.23. The van der Waals surface area contributed by atoms with E-state index >= 15 is 0 Å². The highest BCUT2D eigenvalue weighted by Gasteiger charge is 2.11. The zero-order valence-corrected chi connectivity index (χ0v) is 12.1. The summed E-state index contributed by atoms with van der Waals surface area (Å²) in [6, 6.07) is 3.19. The summed E-state index contributed by atoms with van der Waals surface area (Å²) in [6.07, 6.45) is 1.11. The highest BCUT2D eigenvalue weighted by Crippen LogP contribution is 2.27. The van der Waals surface area contributed by atoms with Gasteiger partial charge >= 0.3 is 0 Å². The topological polar surface area (TPSA) is 29.3 Å². The van der Waals surface area contributed by atoms with Gasteiger partial charge in [0.1, 0.15) is 5.82 Å². The number of anilines is 2. The Balaban J connectivity index is 2.91. The molecule has 0 heterocycles. The Labute approximate surface area is 110 Å². The van der Waals surface area contributed by atoms with Crippen LogP contribution < -0.4 is 10.6 Å². The predicted molar refractivity (Wildman–Crippen MR) is 76.3 cm³/mol. The Hall–Kier alpha value is -0.520. The molecule has 0 saturated heterocycles. The van der Waals surface area contributed by atoms with Crippen LogP contribution in [0.3, 0.4) is 0 Å². The second-order valence-electron chi connectivity index (χ2n) is 4.22. The van der Waals surface area contributed by atoms with E-state index in [0.29, 0.717) is 15.2 Å². The van der Waals surface area contributed by atoms with Gasteiger partial charge in [-0.2, -0.15) is 0 Å². The molecule has 0 aliphatic rings. The fourth-order valence-corrected chi connectivity index (χ4v) is 2.07. The molecule has 0 fully saturated rings. The van der Waals surface area contributed by atoms with Crippen molar-refractivity contribution in [1.29, 1.82) is 0 Å². The van der Waals surface area contributed by atoms with Gasteiger partial charge in [0.2, 0.25) is 0 Å². The van der Waals surface area contributed by atoms with E-state index in [1.54, 1.807) is 6.07 Å². The van der Waals surface area contributed by atoms with Crippen molar-refractivity contribution in [2.45, 2.75) is 20.3 Å². The minimum absolute atomic E-state index is 0.208. The minimum Gasteiger partial charge on any atom is -0.397 e. The van der Waals surface area contributed by atoms with Crippen molar-refractivity contribution in [2.75, 3.05) is 24.2 Å². The van der Waals surface area contributed by atoms with Crippen LogP contribution in [0.4, 0.5) is 15.8 Å². The lowest BCUT2D eigenvalue weighted by atomic mass is 10.1. The molecule has 1 rings (SSSR count). The molecule has 1 aromatic rings. The first kappa shape index (κ1) is 13.5. The second-order valence-corrected chi connectivity index (χ2v) is 5.38. The number of nitrogens with two attached hydrogens (primary N) is 1. The van der Waals surface area contributed by atoms with Crippen LogP contribution in [0.1, 0.15) is 20.3 Å². The summed E-state index contributed by atoms with van der Waals surface area (Å²) in [6.45, 7) is 5.22. The quantitative estimate of drug-likeness (QED) is 0.674. The Kier molecular flexibility index (Phi) is 4.83. The van der Waals surface area contributed by atoms with Gasteiger partial charge in [-0.05, 0) is 34.6 Å². The first-order valence-electron chi connectivity index (χ1n) is 5.41. The highest BCUT2D eigenvalue weighted by molar-refractivity contribution is 14.1. The van der Waals surface area contributed by atoms with Gasteiger partial charge in [-0.1, -0.05) is 20.3 Å². The van der Waals surface area contributed by atoms with E-state index in [1.807, 2.05) is 34.5 Å². The number of nitrogen functional groups attached to an aromatic ring is 1. The van der Waals surface area contributed by atoms with Gasteiger partial charge in [0, 0.05) is 19.7 Å². The minimum atomic E-state index is -0.208. The summed E-state index contributed by atoms with van der Waals surface area (Å²) in [5.74, 6) is 0.368. The van der Waals surface area contributed by atoms with Crippen LogP contribution in [0.25, 0.3) is 0 Å². The number of hydrogen-bond donors (Lipinski definition) is 1. The normalized spacial score (nSPS) is 12.6. The summed E-state index contributed by atoms with van der Waals surface area (Å²) in [7, 11) is 1.95. The third kappa shape index (κ3) is 3.23. The molecule has 0 amide bonds. The molecule has 0 aliphatic heterocycles. The van der Waals surface area contributed by atoms with E-state index in [1.165, 1.54) is 6.07 Å². The SMILES string of the molecule is CCC(C)CN(C)c1cc(F)c(I)cc1N. The third-order valence-corrected chi connectivity index (χ3v) is 3.59. The van der Waals surface area contributed by atoms with E-state index < -0.39 is 0 Å². The molecule has 0 spiro atoms. The molecule has 0 saturated carbocycles. The van der Waals surface area contributed by atoms with Gasteiger partial charge in [0.15, 0.2) is 0 Å². The molecule has 0 aliphatic carbocycles. The van der Waals surface area contributed by atoms with Gasteiger partial charge in [-0.25, -0.2) is 4.39 Å². The van der Waals surface area contributed by atoms with Crippen LogP contribution in [0, 0.1) is 15.3 Å². The van der Waals surface area contributed by atoms with Crippen LogP contribution in [-0.4, -0.2) is 13.6 Å². The molecule has 0 radical (unpaired) electrons. The molecule has 1 aromatic carbocycles. The van der Waals surface area contributed by atoms with Gasteiger partial charge in [0.25, 0.3) is 0 Å². The monoisotopic (exact) mass is 336 g/mol. The van der Waals surface area contributed by atoms with E-state index in [4.69, 9.17) is 5.73 Å². The summed E-state index contributed by atoms with van der Waals surface area (Å²) in [5, 5.41) is 0. The molecule has 2 nitrogen and oxygen atoms in total. The van der Waals surface area contributed by atoms with Crippen molar-refractivity contribution in [3.8, 4) is 0 Å². The maximum absolute atomic E-state index is 13.4. The van der Waals surface area contributed by atoms with Crippen LogP contribution >= 0.6 is 22.6 Å². The standard InChI is InChI=1S/C12H18FIN2/c1-4-8(2)7-16(3)12-5-9(13)10(14)6-11(12)15/h5-6,8H,4,7,15H2,1-3H3. The van der Waals surface area contributed by atoms with Crippen LogP contribution in [0.2, 0.25) is 0 Å². The van der Waals surface area contributed by atoms with Gasteiger partial charge in [-0.3, -0.25) is 0 Å². The molecule has 0 bridgehead atoms. The molecule has 90 valence electrons. The molecular weight excluding hydrogens is 318 g/mol. The second kappa shape index (κ2) is 5.70. The maximum Gasteiger partial charge on any atom is 0.138 e. The summed E-state index contributed by atoms with van der Waals surface area (Å²) >= 11 is 1.95. The van der Waals surface area contributed by atoms with Gasteiger partial charge in [-0.15, -0.1) is 0 Å². The first-order chi connectivity index (χ1) is 7.45. The number of benzene rings is 1. The lowest BCUT2D eigenvalue weighted by Gasteiger charge is -2.24. The fraction of sp³-hybridized carbons (Fsp3) is 0.500. The summed E-state index contributed by atoms with van der Waals surface area (Å²) in [4.78, 5) is 2.02. The number of hydrogen-bond acceptors (Lipinski definition) is 2. The first-order valence-corrected chi connectivity index (χ1v) is 6.49. The van der Waals surface area contributed by atoms with Crippen LogP contribution in [-0.2, 0) is 0 Å². The van der Waals surface area contributed by atoms with Gasteiger partial charge in [0.05, 0.1) is 14.9 Å². The molecule has 1 unspecified atom stereocenters. The summed E-state index contributed by atoms with van der Waals surface area (Å²) < 4.78 is 14.0. The Morgan fingerprint density at radius 1 is 1.50 bits per heavy atom. The van der Waals surface area contributed by atoms with E-state index in [-0.39, 0.29) is 5.82 Å². The molecule has 2 N–H and O–H groups in total. The van der Waals surface area contributed by atoms with Crippen molar-refractivity contribution in [1.82, 2.24) is 0 Å². The van der Waals surface area contributed by atoms with Crippen molar-refractivity contribution in [3.05, 3.63) is 21.5 Å². The number of rotatable bonds is 4. The lowest BCUT2D eigenvalue weighted by molar-refractivity contribution is 0.558. The Bertz CT molecular complexity index is 368. The fourth-order valence-electron chi connectivity index (χ4n) is 1.58. The highest BCUT2D eigenvalue weighted by atomic mass is 127.